The number of aromatic nitrogens is 4. The van der Waals surface area contributed by atoms with Gasteiger partial charge in [-0.15, -0.1) is 0 Å². The van der Waals surface area contributed by atoms with Gasteiger partial charge in [0.25, 0.3) is 0 Å². The number of benzene rings is 1. The van der Waals surface area contributed by atoms with Crippen LogP contribution in [0.15, 0.2) is 35.5 Å². The van der Waals surface area contributed by atoms with Crippen LogP contribution in [0.2, 0.25) is 5.28 Å². The second-order valence-corrected chi connectivity index (χ2v) is 10.8. The van der Waals surface area contributed by atoms with Crippen molar-refractivity contribution >= 4 is 44.7 Å². The minimum atomic E-state index is -3.60. The molecule has 3 heterocycles. The highest BCUT2D eigenvalue weighted by atomic mass is 35.5. The molecule has 0 radical (unpaired) electrons. The van der Waals surface area contributed by atoms with E-state index >= 15 is 0 Å². The molecule has 0 spiro atoms. The van der Waals surface area contributed by atoms with Crippen molar-refractivity contribution < 1.29 is 22.7 Å². The lowest BCUT2D eigenvalue weighted by atomic mass is 10.2. The predicted octanol–water partition coefficient (Wildman–Crippen LogP) is 1.38. The van der Waals surface area contributed by atoms with Crippen molar-refractivity contribution in [1.82, 2.24) is 34.5 Å². The number of amides is 1. The molecular formula is C23H31ClN8O5S. The van der Waals surface area contributed by atoms with Crippen LogP contribution in [0.1, 0.15) is 18.4 Å². The van der Waals surface area contributed by atoms with E-state index in [4.69, 9.17) is 26.8 Å². The molecule has 4 N–H and O–H groups in total. The summed E-state index contributed by atoms with van der Waals surface area (Å²) in [6, 6.07) is 6.36. The largest absolute Gasteiger partial charge is 0.450 e. The standard InChI is InChI=1S/C23H31ClN8O5S/c24-22-29-20(25)19-21(30-22)32(16-27-19)8-1-2-12-37-23(33)26-15-17-3-5-18(6-4-17)38(34,35)28-7-9-31-10-13-36-14-11-31/h3-6,16,28H,1-2,7-15H2,(H,26,33)(H2,25,29,30). The minimum Gasteiger partial charge on any atom is -0.450 e. The number of hydrogen-bond donors (Lipinski definition) is 3. The summed E-state index contributed by atoms with van der Waals surface area (Å²) in [6.07, 6.45) is 2.42. The molecule has 1 aromatic carbocycles. The van der Waals surface area contributed by atoms with Gasteiger partial charge in [0.2, 0.25) is 15.3 Å². The summed E-state index contributed by atoms with van der Waals surface area (Å²) < 4.78 is 40.0. The van der Waals surface area contributed by atoms with E-state index in [9.17, 15) is 13.2 Å². The molecule has 38 heavy (non-hydrogen) atoms. The van der Waals surface area contributed by atoms with Crippen LogP contribution in [0.25, 0.3) is 11.2 Å². The maximum Gasteiger partial charge on any atom is 0.407 e. The molecule has 0 aliphatic carbocycles. The molecular weight excluding hydrogens is 536 g/mol. The third-order valence-corrected chi connectivity index (χ3v) is 7.63. The molecule has 4 rings (SSSR count). The van der Waals surface area contributed by atoms with E-state index in [0.717, 1.165) is 25.1 Å². The van der Waals surface area contributed by atoms with Crippen LogP contribution >= 0.6 is 11.6 Å². The number of alkyl carbamates (subject to hydrolysis) is 1. The molecule has 0 unspecified atom stereocenters. The Kier molecular flexibility index (Phi) is 9.69. The van der Waals surface area contributed by atoms with E-state index in [1.54, 1.807) is 18.5 Å². The predicted molar refractivity (Wildman–Crippen MR) is 141 cm³/mol. The molecule has 1 fully saturated rings. The number of rotatable bonds is 12. The van der Waals surface area contributed by atoms with Crippen molar-refractivity contribution in [3.05, 3.63) is 41.4 Å². The highest BCUT2D eigenvalue weighted by Crippen LogP contribution is 2.18. The second kappa shape index (κ2) is 13.2. The molecule has 3 aromatic rings. The zero-order valence-corrected chi connectivity index (χ0v) is 22.4. The number of nitrogens with zero attached hydrogens (tertiary/aromatic N) is 5. The molecule has 1 aliphatic rings. The van der Waals surface area contributed by atoms with Gasteiger partial charge < -0.3 is 25.1 Å². The number of imidazole rings is 1. The van der Waals surface area contributed by atoms with Crippen LogP contribution in [-0.2, 0) is 32.6 Å². The quantitative estimate of drug-likeness (QED) is 0.215. The monoisotopic (exact) mass is 566 g/mol. The average Bonchev–Trinajstić information content (AvgIpc) is 3.31. The van der Waals surface area contributed by atoms with E-state index < -0.39 is 16.1 Å². The summed E-state index contributed by atoms with van der Waals surface area (Å²) in [5, 5.41) is 2.73. The summed E-state index contributed by atoms with van der Waals surface area (Å²) in [4.78, 5) is 26.6. The number of unbranched alkanes of at least 4 members (excludes halogenated alkanes) is 1. The van der Waals surface area contributed by atoms with Gasteiger partial charge in [-0.3, -0.25) is 4.90 Å². The van der Waals surface area contributed by atoms with Crippen LogP contribution in [0.4, 0.5) is 10.6 Å². The van der Waals surface area contributed by atoms with E-state index in [2.05, 4.69) is 29.9 Å². The lowest BCUT2D eigenvalue weighted by Crippen LogP contribution is -2.41. The van der Waals surface area contributed by atoms with Gasteiger partial charge in [0.15, 0.2) is 11.5 Å². The number of nitrogens with two attached hydrogens (primary N) is 1. The van der Waals surface area contributed by atoms with Gasteiger partial charge >= 0.3 is 6.09 Å². The number of fused-ring (bicyclic) bond motifs is 1. The van der Waals surface area contributed by atoms with Crippen molar-refractivity contribution in [2.45, 2.75) is 30.8 Å². The fourth-order valence-corrected chi connectivity index (χ4v) is 5.10. The van der Waals surface area contributed by atoms with Crippen LogP contribution in [0, 0.1) is 0 Å². The molecule has 0 saturated carbocycles. The third-order valence-electron chi connectivity index (χ3n) is 5.98. The number of sulfonamides is 1. The third kappa shape index (κ3) is 7.74. The van der Waals surface area contributed by atoms with Gasteiger partial charge in [-0.25, -0.2) is 22.9 Å². The van der Waals surface area contributed by atoms with Gasteiger partial charge in [-0.05, 0) is 42.1 Å². The van der Waals surface area contributed by atoms with Gasteiger partial charge in [-0.2, -0.15) is 9.97 Å². The number of nitrogen functional groups attached to an aromatic ring is 1. The fourth-order valence-electron chi connectivity index (χ4n) is 3.91. The molecule has 2 aromatic heterocycles. The van der Waals surface area contributed by atoms with Crippen molar-refractivity contribution in [3.63, 3.8) is 0 Å². The number of nitrogens with one attached hydrogen (secondary N) is 2. The lowest BCUT2D eigenvalue weighted by molar-refractivity contribution is 0.0390. The normalized spacial score (nSPS) is 14.6. The first-order chi connectivity index (χ1) is 18.3. The van der Waals surface area contributed by atoms with E-state index in [1.165, 1.54) is 12.1 Å². The molecule has 1 aliphatic heterocycles. The summed E-state index contributed by atoms with van der Waals surface area (Å²) in [5.74, 6) is 0.228. The number of aryl methyl sites for hydroxylation is 1. The van der Waals surface area contributed by atoms with Crippen molar-refractivity contribution in [2.75, 3.05) is 51.7 Å². The zero-order chi connectivity index (χ0) is 27.0. The van der Waals surface area contributed by atoms with E-state index in [1.807, 2.05) is 4.57 Å². The number of carbonyl (C=O) groups is 1. The Morgan fingerprint density at radius 2 is 1.89 bits per heavy atom. The highest BCUT2D eigenvalue weighted by molar-refractivity contribution is 7.89. The SMILES string of the molecule is Nc1nc(Cl)nc2c1ncn2CCCCOC(=O)NCc1ccc(S(=O)(=O)NCCN2CCOCC2)cc1. The molecule has 0 bridgehead atoms. The number of ether oxygens (including phenoxy) is 2. The van der Waals surface area contributed by atoms with Crippen molar-refractivity contribution in [2.24, 2.45) is 0 Å². The van der Waals surface area contributed by atoms with Crippen molar-refractivity contribution in [1.29, 1.82) is 0 Å². The first kappa shape index (κ1) is 28.0. The Bertz CT molecular complexity index is 1330. The van der Waals surface area contributed by atoms with Gasteiger partial charge in [-0.1, -0.05) is 12.1 Å². The minimum absolute atomic E-state index is 0.0594. The maximum atomic E-state index is 12.5. The Labute approximate surface area is 225 Å². The van der Waals surface area contributed by atoms with Crippen LogP contribution < -0.4 is 15.8 Å². The van der Waals surface area contributed by atoms with Gasteiger partial charge in [0.05, 0.1) is 31.0 Å². The van der Waals surface area contributed by atoms with E-state index in [0.29, 0.717) is 50.4 Å². The maximum absolute atomic E-state index is 12.5. The Morgan fingerprint density at radius 3 is 2.66 bits per heavy atom. The Morgan fingerprint density at radius 1 is 1.13 bits per heavy atom. The van der Waals surface area contributed by atoms with Crippen molar-refractivity contribution in [3.8, 4) is 0 Å². The van der Waals surface area contributed by atoms with Crippen LogP contribution in [-0.4, -0.2) is 84.9 Å². The number of carbonyl (C=O) groups excluding carboxylic acids is 1. The number of morpholine rings is 1. The first-order valence-electron chi connectivity index (χ1n) is 12.2. The van der Waals surface area contributed by atoms with Gasteiger partial charge in [0.1, 0.15) is 5.52 Å². The molecule has 1 amide bonds. The number of anilines is 1. The summed E-state index contributed by atoms with van der Waals surface area (Å²) >= 11 is 5.87. The van der Waals surface area contributed by atoms with E-state index in [-0.39, 0.29) is 29.1 Å². The molecule has 206 valence electrons. The van der Waals surface area contributed by atoms with Crippen LogP contribution in [0.3, 0.4) is 0 Å². The molecule has 13 nitrogen and oxygen atoms in total. The Balaban J connectivity index is 1.13. The van der Waals surface area contributed by atoms with Crippen LogP contribution in [0.5, 0.6) is 0 Å². The smallest absolute Gasteiger partial charge is 0.407 e. The molecule has 1 saturated heterocycles. The molecule has 15 heteroatoms. The second-order valence-electron chi connectivity index (χ2n) is 8.68. The first-order valence-corrected chi connectivity index (χ1v) is 14.1. The summed E-state index contributed by atoms with van der Waals surface area (Å²) in [6.45, 7) is 4.96. The number of halogens is 1. The average molecular weight is 567 g/mol. The molecule has 0 atom stereocenters. The topological polar surface area (TPSA) is 167 Å². The zero-order valence-electron chi connectivity index (χ0n) is 20.8. The number of hydrogen-bond acceptors (Lipinski definition) is 10. The highest BCUT2D eigenvalue weighted by Gasteiger charge is 2.16. The fraction of sp³-hybridized carbons (Fsp3) is 0.478. The Hall–Kier alpha value is -3.04. The lowest BCUT2D eigenvalue weighted by Gasteiger charge is -2.26. The summed E-state index contributed by atoms with van der Waals surface area (Å²) in [5.41, 5.74) is 7.61. The summed E-state index contributed by atoms with van der Waals surface area (Å²) in [7, 11) is -3.60. The van der Waals surface area contributed by atoms with Gasteiger partial charge in [0, 0.05) is 39.3 Å².